The van der Waals surface area contributed by atoms with E-state index in [0.717, 1.165) is 28.0 Å². The number of nitrogens with zero attached hydrogens (tertiary/aromatic N) is 3. The average molecular weight is 352 g/mol. The van der Waals surface area contributed by atoms with Gasteiger partial charge in [0.15, 0.2) is 5.78 Å². The van der Waals surface area contributed by atoms with Crippen molar-refractivity contribution in [3.8, 4) is 0 Å². The number of carbonyl (C=O) groups is 1. The van der Waals surface area contributed by atoms with E-state index in [4.69, 9.17) is 16.6 Å². The van der Waals surface area contributed by atoms with Gasteiger partial charge in [0.05, 0.1) is 11.0 Å². The Kier molecular flexibility index (Phi) is 3.38. The minimum atomic E-state index is -0.844. The molecule has 3 aromatic rings. The summed E-state index contributed by atoms with van der Waals surface area (Å²) in [6, 6.07) is 9.50. The SMILES string of the molecule is Cc1ccc2c(ncn2C2=NC(C)(C)C(=O)c3cc(Cl)ccc32)c1C. The summed E-state index contributed by atoms with van der Waals surface area (Å²) < 4.78 is 1.96. The van der Waals surface area contributed by atoms with Crippen LogP contribution in [0.3, 0.4) is 0 Å². The number of rotatable bonds is 0. The Balaban J connectivity index is 2.03. The van der Waals surface area contributed by atoms with Crippen LogP contribution in [0.2, 0.25) is 5.02 Å². The van der Waals surface area contributed by atoms with Crippen LogP contribution in [0.1, 0.15) is 40.9 Å². The van der Waals surface area contributed by atoms with Gasteiger partial charge in [-0.05, 0) is 63.1 Å². The van der Waals surface area contributed by atoms with Crippen LogP contribution < -0.4 is 0 Å². The highest BCUT2D eigenvalue weighted by Crippen LogP contribution is 2.31. The van der Waals surface area contributed by atoms with Crippen molar-refractivity contribution in [1.29, 1.82) is 0 Å². The lowest BCUT2D eigenvalue weighted by Gasteiger charge is -2.28. The van der Waals surface area contributed by atoms with Crippen LogP contribution in [0.4, 0.5) is 0 Å². The van der Waals surface area contributed by atoms with Gasteiger partial charge in [-0.1, -0.05) is 17.7 Å². The third-order valence-corrected chi connectivity index (χ3v) is 5.11. The van der Waals surface area contributed by atoms with Gasteiger partial charge in [-0.15, -0.1) is 0 Å². The first-order valence-corrected chi connectivity index (χ1v) is 8.55. The van der Waals surface area contributed by atoms with Gasteiger partial charge in [-0.3, -0.25) is 14.4 Å². The Morgan fingerprint density at radius 2 is 1.84 bits per heavy atom. The molecule has 4 rings (SSSR count). The fraction of sp³-hybridized carbons (Fsp3) is 0.250. The highest BCUT2D eigenvalue weighted by molar-refractivity contribution is 6.31. The number of halogens is 1. The molecule has 0 aliphatic carbocycles. The molecule has 2 heterocycles. The second kappa shape index (κ2) is 5.27. The van der Waals surface area contributed by atoms with E-state index in [1.807, 2.05) is 30.5 Å². The Bertz CT molecular complexity index is 1080. The minimum absolute atomic E-state index is 0.0230. The quantitative estimate of drug-likeness (QED) is 0.595. The van der Waals surface area contributed by atoms with Crippen LogP contribution >= 0.6 is 11.6 Å². The summed E-state index contributed by atoms with van der Waals surface area (Å²) in [7, 11) is 0. The predicted molar refractivity (Wildman–Crippen MR) is 101 cm³/mol. The zero-order valence-corrected chi connectivity index (χ0v) is 15.3. The second-order valence-electron chi connectivity index (χ2n) is 7.00. The molecule has 4 nitrogen and oxygen atoms in total. The lowest BCUT2D eigenvalue weighted by atomic mass is 9.87. The molecule has 0 atom stereocenters. The molecule has 0 unspecified atom stereocenters. The Morgan fingerprint density at radius 1 is 1.08 bits per heavy atom. The van der Waals surface area contributed by atoms with E-state index in [2.05, 4.69) is 24.9 Å². The summed E-state index contributed by atoms with van der Waals surface area (Å²) >= 11 is 6.13. The van der Waals surface area contributed by atoms with Gasteiger partial charge >= 0.3 is 0 Å². The predicted octanol–water partition coefficient (Wildman–Crippen LogP) is 4.58. The normalized spacial score (nSPS) is 16.0. The maximum atomic E-state index is 12.8. The number of fused-ring (bicyclic) bond motifs is 2. The van der Waals surface area contributed by atoms with E-state index >= 15 is 0 Å². The number of hydrogen-bond acceptors (Lipinski definition) is 3. The van der Waals surface area contributed by atoms with Crippen molar-refractivity contribution >= 4 is 34.3 Å². The highest BCUT2D eigenvalue weighted by Gasteiger charge is 2.36. The van der Waals surface area contributed by atoms with Gasteiger partial charge in [0.25, 0.3) is 0 Å². The summed E-state index contributed by atoms with van der Waals surface area (Å²) in [6.07, 6.45) is 1.78. The Morgan fingerprint density at radius 3 is 2.60 bits per heavy atom. The van der Waals surface area contributed by atoms with E-state index in [1.165, 1.54) is 5.56 Å². The third-order valence-electron chi connectivity index (χ3n) is 4.88. The number of benzene rings is 2. The summed E-state index contributed by atoms with van der Waals surface area (Å²) in [5.41, 5.74) is 4.83. The summed E-state index contributed by atoms with van der Waals surface area (Å²) in [4.78, 5) is 22.1. The van der Waals surface area contributed by atoms with Gasteiger partial charge in [0, 0.05) is 16.1 Å². The maximum Gasteiger partial charge on any atom is 0.190 e. The molecule has 1 aliphatic rings. The molecule has 1 aromatic heterocycles. The summed E-state index contributed by atoms with van der Waals surface area (Å²) in [5.74, 6) is 0.701. The number of aromatic nitrogens is 2. The number of ketones is 1. The van der Waals surface area contributed by atoms with Crippen LogP contribution in [-0.2, 0) is 0 Å². The van der Waals surface area contributed by atoms with Crippen LogP contribution in [0.5, 0.6) is 0 Å². The number of Topliss-reactive ketones (excluding diaryl/α,β-unsaturated/α-hetero) is 1. The Hall–Kier alpha value is -2.46. The smallest absolute Gasteiger partial charge is 0.190 e. The number of aliphatic imine (C=N–C) groups is 1. The first kappa shape index (κ1) is 16.0. The van der Waals surface area contributed by atoms with E-state index in [0.29, 0.717) is 10.6 Å². The van der Waals surface area contributed by atoms with E-state index in [-0.39, 0.29) is 5.78 Å². The molecular weight excluding hydrogens is 334 g/mol. The lowest BCUT2D eigenvalue weighted by Crippen LogP contribution is -2.38. The van der Waals surface area contributed by atoms with E-state index in [9.17, 15) is 4.79 Å². The zero-order valence-electron chi connectivity index (χ0n) is 14.6. The molecule has 0 saturated heterocycles. The van der Waals surface area contributed by atoms with Crippen molar-refractivity contribution in [3.63, 3.8) is 0 Å². The molecule has 1 aliphatic heterocycles. The maximum absolute atomic E-state index is 12.8. The fourth-order valence-corrected chi connectivity index (χ4v) is 3.45. The molecular formula is C20H18ClN3O. The van der Waals surface area contributed by atoms with E-state index < -0.39 is 5.54 Å². The van der Waals surface area contributed by atoms with Gasteiger partial charge in [-0.25, -0.2) is 4.98 Å². The second-order valence-corrected chi connectivity index (χ2v) is 7.44. The third kappa shape index (κ3) is 2.32. The summed E-state index contributed by atoms with van der Waals surface area (Å²) in [6.45, 7) is 7.80. The average Bonchev–Trinajstić information content (AvgIpc) is 2.99. The molecule has 2 aromatic carbocycles. The Labute approximate surface area is 151 Å². The zero-order chi connectivity index (χ0) is 17.9. The first-order chi connectivity index (χ1) is 11.8. The number of hydrogen-bond donors (Lipinski definition) is 0. The van der Waals surface area contributed by atoms with Crippen molar-refractivity contribution in [1.82, 2.24) is 9.55 Å². The van der Waals surface area contributed by atoms with Crippen molar-refractivity contribution < 1.29 is 4.79 Å². The van der Waals surface area contributed by atoms with Crippen molar-refractivity contribution in [2.24, 2.45) is 4.99 Å². The molecule has 0 fully saturated rings. The monoisotopic (exact) mass is 351 g/mol. The molecule has 0 radical (unpaired) electrons. The molecule has 0 saturated carbocycles. The molecule has 126 valence electrons. The highest BCUT2D eigenvalue weighted by atomic mass is 35.5. The number of carbonyl (C=O) groups excluding carboxylic acids is 1. The number of imidazole rings is 1. The topological polar surface area (TPSA) is 47.2 Å². The summed E-state index contributed by atoms with van der Waals surface area (Å²) in [5, 5.41) is 0.547. The first-order valence-electron chi connectivity index (χ1n) is 8.18. The van der Waals surface area contributed by atoms with E-state index in [1.54, 1.807) is 18.5 Å². The number of aryl methyl sites for hydroxylation is 2. The molecule has 0 N–H and O–H groups in total. The molecule has 25 heavy (non-hydrogen) atoms. The van der Waals surface area contributed by atoms with Crippen molar-refractivity contribution in [3.05, 3.63) is 63.9 Å². The van der Waals surface area contributed by atoms with Gasteiger partial charge < -0.3 is 0 Å². The van der Waals surface area contributed by atoms with Crippen LogP contribution in [0.25, 0.3) is 11.0 Å². The van der Waals surface area contributed by atoms with Crippen molar-refractivity contribution in [2.45, 2.75) is 33.2 Å². The van der Waals surface area contributed by atoms with Crippen LogP contribution in [0, 0.1) is 13.8 Å². The fourth-order valence-electron chi connectivity index (χ4n) is 3.28. The molecule has 0 amide bonds. The lowest BCUT2D eigenvalue weighted by molar-refractivity contribution is 0.0912. The molecule has 5 heteroatoms. The molecule has 0 spiro atoms. The van der Waals surface area contributed by atoms with Crippen LogP contribution in [-0.4, -0.2) is 26.7 Å². The van der Waals surface area contributed by atoms with Gasteiger partial charge in [0.1, 0.15) is 17.7 Å². The standard InChI is InChI=1S/C20H18ClN3O/c1-11-5-8-16-17(12(11)2)22-10-24(16)19-14-7-6-13(21)9-15(14)18(25)20(3,4)23-19/h5-10H,1-4H3. The minimum Gasteiger partial charge on any atom is -0.291 e. The van der Waals surface area contributed by atoms with Crippen LogP contribution in [0.15, 0.2) is 41.7 Å². The largest absolute Gasteiger partial charge is 0.291 e. The molecule has 0 bridgehead atoms. The van der Waals surface area contributed by atoms with Crippen molar-refractivity contribution in [2.75, 3.05) is 0 Å². The van der Waals surface area contributed by atoms with Gasteiger partial charge in [-0.2, -0.15) is 0 Å². The van der Waals surface area contributed by atoms with Gasteiger partial charge in [0.2, 0.25) is 0 Å².